The van der Waals surface area contributed by atoms with E-state index in [-0.39, 0.29) is 24.9 Å². The fraction of sp³-hybridized carbons (Fsp3) is 0.647. The van der Waals surface area contributed by atoms with Gasteiger partial charge in [-0.3, -0.25) is 4.90 Å². The van der Waals surface area contributed by atoms with E-state index in [4.69, 9.17) is 5.11 Å². The zero-order valence-electron chi connectivity index (χ0n) is 13.5. The van der Waals surface area contributed by atoms with Crippen molar-refractivity contribution in [1.82, 2.24) is 9.80 Å². The summed E-state index contributed by atoms with van der Waals surface area (Å²) in [6.07, 6.45) is 0. The van der Waals surface area contributed by atoms with Gasteiger partial charge in [0, 0.05) is 44.9 Å². The van der Waals surface area contributed by atoms with Crippen LogP contribution in [0.1, 0.15) is 11.1 Å². The highest BCUT2D eigenvalue weighted by atomic mass is 19.1. The van der Waals surface area contributed by atoms with Crippen LogP contribution in [-0.4, -0.2) is 66.5 Å². The van der Waals surface area contributed by atoms with E-state index in [1.807, 2.05) is 26.1 Å². The highest BCUT2D eigenvalue weighted by Gasteiger charge is 2.33. The monoisotopic (exact) mass is 310 g/mol. The van der Waals surface area contributed by atoms with Gasteiger partial charge in [-0.25, -0.2) is 4.39 Å². The van der Waals surface area contributed by atoms with Crippen LogP contribution in [0, 0.1) is 24.6 Å². The van der Waals surface area contributed by atoms with Crippen LogP contribution >= 0.6 is 0 Å². The topological polar surface area (TPSA) is 46.9 Å². The van der Waals surface area contributed by atoms with E-state index in [0.717, 1.165) is 25.2 Å². The molecule has 2 atom stereocenters. The first-order valence-corrected chi connectivity index (χ1v) is 7.91. The Kier molecular flexibility index (Phi) is 6.32. The Labute approximate surface area is 132 Å². The molecule has 0 bridgehead atoms. The molecule has 0 unspecified atom stereocenters. The molecule has 1 aromatic rings. The zero-order chi connectivity index (χ0) is 16.1. The maximum Gasteiger partial charge on any atom is 0.127 e. The molecular formula is C17H27FN2O2. The van der Waals surface area contributed by atoms with Crippen LogP contribution in [0.3, 0.4) is 0 Å². The summed E-state index contributed by atoms with van der Waals surface area (Å²) in [4.78, 5) is 4.30. The van der Waals surface area contributed by atoms with Crippen molar-refractivity contribution >= 4 is 0 Å². The van der Waals surface area contributed by atoms with E-state index in [1.165, 1.54) is 0 Å². The third-order valence-corrected chi connectivity index (χ3v) is 4.52. The number of benzene rings is 1. The molecule has 0 radical (unpaired) electrons. The van der Waals surface area contributed by atoms with E-state index in [2.05, 4.69) is 9.80 Å². The third kappa shape index (κ3) is 4.49. The molecule has 1 saturated heterocycles. The van der Waals surface area contributed by atoms with Gasteiger partial charge in [-0.15, -0.1) is 0 Å². The second-order valence-corrected chi connectivity index (χ2v) is 6.48. The van der Waals surface area contributed by atoms with E-state index < -0.39 is 0 Å². The van der Waals surface area contributed by atoms with Gasteiger partial charge in [0.25, 0.3) is 0 Å². The molecule has 0 aliphatic carbocycles. The lowest BCUT2D eigenvalue weighted by molar-refractivity contribution is 0.160. The van der Waals surface area contributed by atoms with Gasteiger partial charge in [-0.05, 0) is 37.4 Å². The Morgan fingerprint density at radius 1 is 1.27 bits per heavy atom. The van der Waals surface area contributed by atoms with Gasteiger partial charge in [0.2, 0.25) is 0 Å². The van der Waals surface area contributed by atoms with Gasteiger partial charge in [0.1, 0.15) is 5.82 Å². The normalized spacial score (nSPS) is 22.6. The fourth-order valence-electron chi connectivity index (χ4n) is 3.26. The van der Waals surface area contributed by atoms with E-state index in [1.54, 1.807) is 6.07 Å². The molecule has 0 aromatic heterocycles. The maximum atomic E-state index is 14.0. The van der Waals surface area contributed by atoms with E-state index in [0.29, 0.717) is 24.6 Å². The largest absolute Gasteiger partial charge is 0.396 e. The molecule has 1 aliphatic heterocycles. The molecule has 1 heterocycles. The Morgan fingerprint density at radius 3 is 2.64 bits per heavy atom. The number of likely N-dealkylation sites (N-methyl/N-ethyl adjacent to an activating group) is 1. The number of hydrogen-bond donors (Lipinski definition) is 2. The number of likely N-dealkylation sites (tertiary alicyclic amines) is 1. The number of aliphatic hydroxyl groups is 2. The van der Waals surface area contributed by atoms with Crippen LogP contribution < -0.4 is 0 Å². The molecule has 2 rings (SSSR count). The van der Waals surface area contributed by atoms with Crippen molar-refractivity contribution in [3.8, 4) is 0 Å². The van der Waals surface area contributed by atoms with Crippen molar-refractivity contribution in [2.24, 2.45) is 11.8 Å². The number of aryl methyl sites for hydroxylation is 1. The number of aliphatic hydroxyl groups excluding tert-OH is 2. The molecule has 124 valence electrons. The van der Waals surface area contributed by atoms with Crippen LogP contribution in [0.2, 0.25) is 0 Å². The predicted octanol–water partition coefficient (Wildman–Crippen LogP) is 1.10. The Bertz CT molecular complexity index is 484. The summed E-state index contributed by atoms with van der Waals surface area (Å²) in [5, 5.41) is 18.6. The van der Waals surface area contributed by atoms with Gasteiger partial charge >= 0.3 is 0 Å². The summed E-state index contributed by atoms with van der Waals surface area (Å²) in [7, 11) is 1.98. The van der Waals surface area contributed by atoms with Crippen molar-refractivity contribution < 1.29 is 14.6 Å². The molecule has 1 aliphatic rings. The lowest BCUT2D eigenvalue weighted by Gasteiger charge is -2.23. The molecule has 5 heteroatoms. The van der Waals surface area contributed by atoms with Crippen LogP contribution in [0.5, 0.6) is 0 Å². The highest BCUT2D eigenvalue weighted by molar-refractivity contribution is 5.23. The highest BCUT2D eigenvalue weighted by Crippen LogP contribution is 2.26. The van der Waals surface area contributed by atoms with E-state index >= 15 is 0 Å². The Hall–Kier alpha value is -1.01. The van der Waals surface area contributed by atoms with Gasteiger partial charge in [-0.2, -0.15) is 0 Å². The Morgan fingerprint density at radius 2 is 2.00 bits per heavy atom. The molecule has 2 N–H and O–H groups in total. The molecule has 0 amide bonds. The quantitative estimate of drug-likeness (QED) is 0.792. The number of nitrogens with zero attached hydrogens (tertiary/aromatic N) is 2. The molecule has 0 saturated carbocycles. The van der Waals surface area contributed by atoms with Gasteiger partial charge in [0.05, 0.1) is 6.61 Å². The van der Waals surface area contributed by atoms with Crippen molar-refractivity contribution in [2.75, 3.05) is 46.4 Å². The number of halogens is 1. The average molecular weight is 310 g/mol. The van der Waals surface area contributed by atoms with Crippen LogP contribution in [0.4, 0.5) is 4.39 Å². The fourth-order valence-corrected chi connectivity index (χ4v) is 3.26. The first kappa shape index (κ1) is 17.3. The second kappa shape index (κ2) is 8.02. The summed E-state index contributed by atoms with van der Waals surface area (Å²) in [6, 6.07) is 5.36. The SMILES string of the molecule is Cc1ccc(CN2C[C@@H](CN(C)CCO)[C@@H](CO)C2)c(F)c1. The zero-order valence-corrected chi connectivity index (χ0v) is 13.5. The molecule has 1 fully saturated rings. The van der Waals surface area contributed by atoms with Crippen molar-refractivity contribution in [1.29, 1.82) is 0 Å². The number of hydrogen-bond acceptors (Lipinski definition) is 4. The summed E-state index contributed by atoms with van der Waals surface area (Å²) >= 11 is 0. The molecular weight excluding hydrogens is 283 g/mol. The number of rotatable bonds is 7. The van der Waals surface area contributed by atoms with Crippen LogP contribution in [-0.2, 0) is 6.54 Å². The first-order chi connectivity index (χ1) is 10.5. The summed E-state index contributed by atoms with van der Waals surface area (Å²) in [5.41, 5.74) is 1.64. The molecule has 1 aromatic carbocycles. The van der Waals surface area contributed by atoms with Crippen LogP contribution in [0.15, 0.2) is 18.2 Å². The minimum absolute atomic E-state index is 0.144. The van der Waals surface area contributed by atoms with Gasteiger partial charge in [0.15, 0.2) is 0 Å². The smallest absolute Gasteiger partial charge is 0.127 e. The summed E-state index contributed by atoms with van der Waals surface area (Å²) in [5.74, 6) is 0.422. The lowest BCUT2D eigenvalue weighted by Crippen LogP contribution is -2.32. The Balaban J connectivity index is 1.96. The average Bonchev–Trinajstić information content (AvgIpc) is 2.84. The van der Waals surface area contributed by atoms with Crippen LogP contribution in [0.25, 0.3) is 0 Å². The van der Waals surface area contributed by atoms with E-state index in [9.17, 15) is 9.50 Å². The lowest BCUT2D eigenvalue weighted by atomic mass is 9.96. The minimum atomic E-state index is -0.151. The van der Waals surface area contributed by atoms with Crippen molar-refractivity contribution in [2.45, 2.75) is 13.5 Å². The third-order valence-electron chi connectivity index (χ3n) is 4.52. The van der Waals surface area contributed by atoms with Gasteiger partial charge < -0.3 is 15.1 Å². The molecule has 4 nitrogen and oxygen atoms in total. The summed E-state index contributed by atoms with van der Waals surface area (Å²) < 4.78 is 14.0. The molecule has 22 heavy (non-hydrogen) atoms. The van der Waals surface area contributed by atoms with Crippen molar-refractivity contribution in [3.63, 3.8) is 0 Å². The minimum Gasteiger partial charge on any atom is -0.396 e. The summed E-state index contributed by atoms with van der Waals surface area (Å²) in [6.45, 7) is 5.91. The predicted molar refractivity (Wildman–Crippen MR) is 85.1 cm³/mol. The molecule has 0 spiro atoms. The first-order valence-electron chi connectivity index (χ1n) is 7.91. The van der Waals surface area contributed by atoms with Crippen molar-refractivity contribution in [3.05, 3.63) is 35.1 Å². The second-order valence-electron chi connectivity index (χ2n) is 6.48. The standard InChI is InChI=1S/C17H27FN2O2/c1-13-3-4-14(17(18)7-13)9-20-10-15(16(11-20)12-22)8-19(2)5-6-21/h3-4,7,15-16,21-22H,5-6,8-12H2,1-2H3/t15-,16-/m1/s1. The maximum absolute atomic E-state index is 14.0. The van der Waals surface area contributed by atoms with Gasteiger partial charge in [-0.1, -0.05) is 12.1 Å².